The number of carbonyl (C=O) groups is 1. The molecular weight excluding hydrogens is 374 g/mol. The number of aromatic nitrogens is 1. The molecule has 0 radical (unpaired) electrons. The molecule has 2 aromatic carbocycles. The van der Waals surface area contributed by atoms with Gasteiger partial charge in [0, 0.05) is 24.0 Å². The smallest absolute Gasteiger partial charge is 0.268 e. The van der Waals surface area contributed by atoms with Crippen LogP contribution in [0.15, 0.2) is 42.5 Å². The Morgan fingerprint density at radius 3 is 2.40 bits per heavy atom. The van der Waals surface area contributed by atoms with Crippen LogP contribution in [0.1, 0.15) is 47.1 Å². The lowest BCUT2D eigenvalue weighted by Crippen LogP contribution is -2.35. The minimum absolute atomic E-state index is 0.0241. The summed E-state index contributed by atoms with van der Waals surface area (Å²) < 4.78 is 7.39. The van der Waals surface area contributed by atoms with Crippen LogP contribution in [-0.2, 0) is 13.0 Å². The van der Waals surface area contributed by atoms with Gasteiger partial charge in [-0.2, -0.15) is 0 Å². The molecule has 0 aliphatic heterocycles. The lowest BCUT2D eigenvalue weighted by Gasteiger charge is -2.25. The summed E-state index contributed by atoms with van der Waals surface area (Å²) in [6, 6.07) is 14.6. The zero-order chi connectivity index (χ0) is 21.8. The second-order valence-corrected chi connectivity index (χ2v) is 7.89. The molecule has 1 heterocycles. The number of benzene rings is 2. The lowest BCUT2D eigenvalue weighted by molar-refractivity contribution is 0.0932. The van der Waals surface area contributed by atoms with Gasteiger partial charge < -0.3 is 19.5 Å². The van der Waals surface area contributed by atoms with Crippen molar-refractivity contribution in [3.8, 4) is 5.75 Å². The number of ether oxygens (including phenoxy) is 1. The molecule has 0 bridgehead atoms. The Kier molecular flexibility index (Phi) is 6.83. The number of rotatable bonds is 8. The molecule has 1 amide bonds. The number of nitrogens with zero attached hydrogens (tertiary/aromatic N) is 2. The number of carbonyl (C=O) groups excluding carboxylic acids is 1. The van der Waals surface area contributed by atoms with Crippen LogP contribution in [0.4, 0.5) is 0 Å². The van der Waals surface area contributed by atoms with E-state index in [1.807, 2.05) is 26.2 Å². The Morgan fingerprint density at radius 1 is 1.13 bits per heavy atom. The summed E-state index contributed by atoms with van der Waals surface area (Å²) in [5.74, 6) is 0.804. The van der Waals surface area contributed by atoms with Gasteiger partial charge in [-0.1, -0.05) is 25.1 Å². The quantitative estimate of drug-likeness (QED) is 0.595. The summed E-state index contributed by atoms with van der Waals surface area (Å²) in [7, 11) is 5.72. The van der Waals surface area contributed by atoms with E-state index in [0.29, 0.717) is 6.54 Å². The van der Waals surface area contributed by atoms with E-state index in [1.165, 1.54) is 10.9 Å². The van der Waals surface area contributed by atoms with Gasteiger partial charge in [-0.3, -0.25) is 4.79 Å². The zero-order valence-corrected chi connectivity index (χ0v) is 19.0. The van der Waals surface area contributed by atoms with E-state index in [9.17, 15) is 4.79 Å². The summed E-state index contributed by atoms with van der Waals surface area (Å²) in [5, 5.41) is 4.35. The van der Waals surface area contributed by atoms with Gasteiger partial charge in [0.2, 0.25) is 0 Å². The molecule has 0 fully saturated rings. The van der Waals surface area contributed by atoms with Crippen molar-refractivity contribution in [3.05, 3.63) is 64.8 Å². The monoisotopic (exact) mass is 407 g/mol. The van der Waals surface area contributed by atoms with Gasteiger partial charge in [0.05, 0.1) is 13.2 Å². The minimum Gasteiger partial charge on any atom is -0.497 e. The highest BCUT2D eigenvalue weighted by Gasteiger charge is 2.22. The van der Waals surface area contributed by atoms with Crippen LogP contribution in [-0.4, -0.2) is 43.1 Å². The first-order chi connectivity index (χ1) is 14.4. The molecule has 1 aromatic heterocycles. The Morgan fingerprint density at radius 2 is 1.83 bits per heavy atom. The van der Waals surface area contributed by atoms with Crippen LogP contribution < -0.4 is 10.1 Å². The van der Waals surface area contributed by atoms with Crippen LogP contribution in [0, 0.1) is 6.92 Å². The lowest BCUT2D eigenvalue weighted by atomic mass is 10.1. The van der Waals surface area contributed by atoms with E-state index in [2.05, 4.69) is 65.9 Å². The number of aryl methyl sites for hydroxylation is 3. The molecule has 0 spiro atoms. The second kappa shape index (κ2) is 9.35. The SMILES string of the molecule is CCc1ccc2c(c1)c(C)c(C(=O)NCC(c1ccc(OC)cc1)N(C)C)n2CC. The fourth-order valence-corrected chi connectivity index (χ4v) is 4.11. The van der Waals surface area contributed by atoms with Crippen LogP contribution in [0.5, 0.6) is 5.75 Å². The van der Waals surface area contributed by atoms with Gasteiger partial charge in [0.25, 0.3) is 5.91 Å². The van der Waals surface area contributed by atoms with Crippen molar-refractivity contribution in [1.29, 1.82) is 0 Å². The van der Waals surface area contributed by atoms with E-state index >= 15 is 0 Å². The third-order valence-corrected chi connectivity index (χ3v) is 5.90. The first kappa shape index (κ1) is 21.9. The number of likely N-dealkylation sites (N-methyl/N-ethyl adjacent to an activating group) is 1. The molecule has 5 nitrogen and oxygen atoms in total. The van der Waals surface area contributed by atoms with E-state index in [-0.39, 0.29) is 11.9 Å². The highest BCUT2D eigenvalue weighted by Crippen LogP contribution is 2.27. The van der Waals surface area contributed by atoms with Crippen molar-refractivity contribution >= 4 is 16.8 Å². The topological polar surface area (TPSA) is 46.5 Å². The van der Waals surface area contributed by atoms with Crippen molar-refractivity contribution in [3.63, 3.8) is 0 Å². The maximum absolute atomic E-state index is 13.3. The van der Waals surface area contributed by atoms with E-state index < -0.39 is 0 Å². The molecule has 0 aliphatic rings. The van der Waals surface area contributed by atoms with Crippen molar-refractivity contribution in [2.45, 2.75) is 39.8 Å². The molecule has 5 heteroatoms. The van der Waals surface area contributed by atoms with Gasteiger partial charge in [0.1, 0.15) is 11.4 Å². The maximum atomic E-state index is 13.3. The van der Waals surface area contributed by atoms with Crippen LogP contribution >= 0.6 is 0 Å². The highest BCUT2D eigenvalue weighted by atomic mass is 16.5. The average molecular weight is 408 g/mol. The number of methoxy groups -OCH3 is 1. The first-order valence-corrected chi connectivity index (χ1v) is 10.6. The number of hydrogen-bond donors (Lipinski definition) is 1. The Labute approximate surface area is 179 Å². The van der Waals surface area contributed by atoms with Gasteiger partial charge in [-0.05, 0) is 75.3 Å². The van der Waals surface area contributed by atoms with Gasteiger partial charge in [-0.15, -0.1) is 0 Å². The summed E-state index contributed by atoms with van der Waals surface area (Å²) in [6.45, 7) is 7.58. The minimum atomic E-state index is -0.0241. The molecule has 1 unspecified atom stereocenters. The van der Waals surface area contributed by atoms with Crippen molar-refractivity contribution < 1.29 is 9.53 Å². The summed E-state index contributed by atoms with van der Waals surface area (Å²) in [5.41, 5.74) is 5.36. The molecule has 0 saturated heterocycles. The molecular formula is C25H33N3O2. The molecule has 30 heavy (non-hydrogen) atoms. The van der Waals surface area contributed by atoms with Crippen molar-refractivity contribution in [1.82, 2.24) is 14.8 Å². The van der Waals surface area contributed by atoms with Crippen LogP contribution in [0.25, 0.3) is 10.9 Å². The molecule has 0 saturated carbocycles. The third-order valence-electron chi connectivity index (χ3n) is 5.90. The number of fused-ring (bicyclic) bond motifs is 1. The number of hydrogen-bond acceptors (Lipinski definition) is 3. The van der Waals surface area contributed by atoms with E-state index in [1.54, 1.807) is 7.11 Å². The second-order valence-electron chi connectivity index (χ2n) is 7.89. The van der Waals surface area contributed by atoms with Crippen LogP contribution in [0.2, 0.25) is 0 Å². The summed E-state index contributed by atoms with van der Waals surface area (Å²) in [4.78, 5) is 15.4. The Balaban J connectivity index is 1.87. The molecule has 160 valence electrons. The standard InChI is InChI=1S/C25H33N3O2/c1-7-18-9-14-22-21(15-18)17(3)24(28(22)8-2)25(29)26-16-23(27(4)5)19-10-12-20(30-6)13-11-19/h9-15,23H,7-8,16H2,1-6H3,(H,26,29). The van der Waals surface area contributed by atoms with Crippen molar-refractivity contribution in [2.75, 3.05) is 27.7 Å². The molecule has 1 N–H and O–H groups in total. The van der Waals surface area contributed by atoms with E-state index in [0.717, 1.165) is 41.1 Å². The zero-order valence-electron chi connectivity index (χ0n) is 19.0. The largest absolute Gasteiger partial charge is 0.497 e. The molecule has 3 rings (SSSR count). The predicted octanol–water partition coefficient (Wildman–Crippen LogP) is 4.57. The van der Waals surface area contributed by atoms with Crippen molar-refractivity contribution in [2.24, 2.45) is 0 Å². The summed E-state index contributed by atoms with van der Waals surface area (Å²) >= 11 is 0. The fourth-order valence-electron chi connectivity index (χ4n) is 4.11. The number of nitrogens with one attached hydrogen (secondary N) is 1. The summed E-state index contributed by atoms with van der Waals surface area (Å²) in [6.07, 6.45) is 0.987. The van der Waals surface area contributed by atoms with Gasteiger partial charge in [-0.25, -0.2) is 0 Å². The van der Waals surface area contributed by atoms with Gasteiger partial charge in [0.15, 0.2) is 0 Å². The van der Waals surface area contributed by atoms with Gasteiger partial charge >= 0.3 is 0 Å². The fraction of sp³-hybridized carbons (Fsp3) is 0.400. The highest BCUT2D eigenvalue weighted by molar-refractivity contribution is 6.01. The predicted molar refractivity (Wildman–Crippen MR) is 123 cm³/mol. The maximum Gasteiger partial charge on any atom is 0.268 e. The molecule has 0 aliphatic carbocycles. The average Bonchev–Trinajstić information content (AvgIpc) is 3.05. The third kappa shape index (κ3) is 4.21. The van der Waals surface area contributed by atoms with E-state index in [4.69, 9.17) is 4.74 Å². The Bertz CT molecular complexity index is 1020. The normalized spacial score (nSPS) is 12.4. The first-order valence-electron chi connectivity index (χ1n) is 10.6. The molecule has 3 aromatic rings. The Hall–Kier alpha value is -2.79. The number of amides is 1. The van der Waals surface area contributed by atoms with Crippen LogP contribution in [0.3, 0.4) is 0 Å². The molecule has 1 atom stereocenters.